The van der Waals surface area contributed by atoms with Crippen molar-refractivity contribution in [3.05, 3.63) is 57.7 Å². The summed E-state index contributed by atoms with van der Waals surface area (Å²) in [6.07, 6.45) is 3.37. The van der Waals surface area contributed by atoms with Crippen molar-refractivity contribution in [3.63, 3.8) is 0 Å². The lowest BCUT2D eigenvalue weighted by Crippen LogP contribution is -2.36. The second kappa shape index (κ2) is 6.55. The number of halogens is 1. The molecule has 1 aromatic heterocycles. The van der Waals surface area contributed by atoms with Crippen molar-refractivity contribution < 1.29 is 14.1 Å². The first-order valence-electron chi connectivity index (χ1n) is 7.02. The molecule has 0 aliphatic carbocycles. The topological polar surface area (TPSA) is 81.3 Å². The number of amides is 1. The molecule has 0 saturated heterocycles. The van der Waals surface area contributed by atoms with Crippen LogP contribution in [-0.2, 0) is 13.6 Å². The highest BCUT2D eigenvalue weighted by molar-refractivity contribution is 5.98. The maximum Gasteiger partial charge on any atom is 0.282 e. The highest BCUT2D eigenvalue weighted by atomic mass is 19.1. The van der Waals surface area contributed by atoms with Crippen LogP contribution in [0, 0.1) is 15.9 Å². The maximum atomic E-state index is 13.5. The molecule has 7 nitrogen and oxygen atoms in total. The molecule has 122 valence electrons. The lowest BCUT2D eigenvalue weighted by Gasteiger charge is -2.26. The number of aromatic nitrogens is 2. The number of benzene rings is 1. The molecule has 0 aliphatic rings. The second-order valence-electron chi connectivity index (χ2n) is 5.47. The van der Waals surface area contributed by atoms with Crippen LogP contribution in [0.1, 0.15) is 29.8 Å². The Kier molecular flexibility index (Phi) is 4.73. The van der Waals surface area contributed by atoms with Crippen LogP contribution in [0.25, 0.3) is 0 Å². The number of carbonyl (C=O) groups excluding carboxylic acids is 1. The molecule has 0 atom stereocenters. The largest absolute Gasteiger partial charge is 0.332 e. The molecular formula is C15H17FN4O3. The van der Waals surface area contributed by atoms with E-state index in [2.05, 4.69) is 5.10 Å². The molecule has 1 amide bonds. The van der Waals surface area contributed by atoms with Gasteiger partial charge in [0.2, 0.25) is 0 Å². The smallest absolute Gasteiger partial charge is 0.282 e. The summed E-state index contributed by atoms with van der Waals surface area (Å²) in [7, 11) is 1.75. The van der Waals surface area contributed by atoms with Gasteiger partial charge >= 0.3 is 0 Å². The minimum absolute atomic E-state index is 0.217. The third kappa shape index (κ3) is 3.71. The first-order valence-corrected chi connectivity index (χ1v) is 7.02. The Hall–Kier alpha value is -2.77. The zero-order chi connectivity index (χ0) is 17.1. The van der Waals surface area contributed by atoms with Gasteiger partial charge in [0, 0.05) is 37.5 Å². The normalized spacial score (nSPS) is 10.8. The van der Waals surface area contributed by atoms with Crippen molar-refractivity contribution in [1.29, 1.82) is 0 Å². The van der Waals surface area contributed by atoms with Crippen LogP contribution < -0.4 is 0 Å². The predicted molar refractivity (Wildman–Crippen MR) is 81.3 cm³/mol. The van der Waals surface area contributed by atoms with Gasteiger partial charge in [-0.3, -0.25) is 19.6 Å². The molecule has 0 bridgehead atoms. The zero-order valence-corrected chi connectivity index (χ0v) is 13.1. The van der Waals surface area contributed by atoms with Gasteiger partial charge in [-0.1, -0.05) is 0 Å². The fraction of sp³-hybridized carbons (Fsp3) is 0.333. The van der Waals surface area contributed by atoms with Crippen molar-refractivity contribution in [2.75, 3.05) is 0 Å². The van der Waals surface area contributed by atoms with Crippen LogP contribution in [-0.4, -0.2) is 31.6 Å². The number of carbonyl (C=O) groups is 1. The fourth-order valence-corrected chi connectivity index (χ4v) is 2.23. The maximum absolute atomic E-state index is 13.5. The van der Waals surface area contributed by atoms with E-state index in [0.717, 1.165) is 23.8 Å². The van der Waals surface area contributed by atoms with E-state index in [-0.39, 0.29) is 18.2 Å². The minimum atomic E-state index is -0.691. The van der Waals surface area contributed by atoms with E-state index < -0.39 is 22.3 Å². The summed E-state index contributed by atoms with van der Waals surface area (Å²) in [6, 6.07) is 2.66. The van der Waals surface area contributed by atoms with E-state index in [0.29, 0.717) is 0 Å². The van der Waals surface area contributed by atoms with Gasteiger partial charge in [-0.15, -0.1) is 0 Å². The van der Waals surface area contributed by atoms with Gasteiger partial charge in [0.15, 0.2) is 0 Å². The van der Waals surface area contributed by atoms with Crippen molar-refractivity contribution in [3.8, 4) is 0 Å². The molecule has 0 N–H and O–H groups in total. The van der Waals surface area contributed by atoms with Crippen LogP contribution in [0.15, 0.2) is 30.6 Å². The Morgan fingerprint density at radius 2 is 2.17 bits per heavy atom. The van der Waals surface area contributed by atoms with Gasteiger partial charge in [-0.2, -0.15) is 5.10 Å². The van der Waals surface area contributed by atoms with Crippen molar-refractivity contribution in [1.82, 2.24) is 14.7 Å². The lowest BCUT2D eigenvalue weighted by molar-refractivity contribution is -0.385. The van der Waals surface area contributed by atoms with Gasteiger partial charge in [0.1, 0.15) is 11.4 Å². The predicted octanol–water partition coefficient (Wildman–Crippen LogP) is 2.52. The summed E-state index contributed by atoms with van der Waals surface area (Å²) in [6.45, 7) is 3.82. The summed E-state index contributed by atoms with van der Waals surface area (Å²) < 4.78 is 15.1. The van der Waals surface area contributed by atoms with Gasteiger partial charge in [0.05, 0.1) is 11.1 Å². The van der Waals surface area contributed by atoms with Gasteiger partial charge < -0.3 is 4.90 Å². The Balaban J connectivity index is 2.38. The first kappa shape index (κ1) is 16.6. The summed E-state index contributed by atoms with van der Waals surface area (Å²) in [5, 5.41) is 15.1. The standard InChI is InChI=1S/C15H17FN4O3/c1-10(2)19(9-11-7-17-18(3)8-11)15(21)13-6-12(16)4-5-14(13)20(22)23/h4-8,10H,9H2,1-3H3. The molecule has 8 heteroatoms. The van der Waals surface area contributed by atoms with E-state index in [4.69, 9.17) is 0 Å². The molecule has 1 aromatic carbocycles. The molecular weight excluding hydrogens is 303 g/mol. The molecule has 0 fully saturated rings. The van der Waals surface area contributed by atoms with E-state index in [1.165, 1.54) is 4.90 Å². The quantitative estimate of drug-likeness (QED) is 0.626. The molecule has 1 heterocycles. The number of nitro groups is 1. The highest BCUT2D eigenvalue weighted by Gasteiger charge is 2.27. The molecule has 0 spiro atoms. The molecule has 2 rings (SSSR count). The molecule has 0 aliphatic heterocycles. The molecule has 2 aromatic rings. The third-order valence-corrected chi connectivity index (χ3v) is 3.38. The number of hydrogen-bond acceptors (Lipinski definition) is 4. The first-order chi connectivity index (χ1) is 10.8. The lowest BCUT2D eigenvalue weighted by atomic mass is 10.1. The summed E-state index contributed by atoms with van der Waals surface area (Å²) in [4.78, 5) is 24.6. The van der Waals surface area contributed by atoms with Crippen LogP contribution >= 0.6 is 0 Å². The van der Waals surface area contributed by atoms with Crippen LogP contribution in [0.2, 0.25) is 0 Å². The van der Waals surface area contributed by atoms with Crippen molar-refractivity contribution in [2.45, 2.75) is 26.4 Å². The number of aryl methyl sites for hydroxylation is 1. The highest BCUT2D eigenvalue weighted by Crippen LogP contribution is 2.23. The summed E-state index contributed by atoms with van der Waals surface area (Å²) in [5.74, 6) is -1.28. The monoisotopic (exact) mass is 320 g/mol. The third-order valence-electron chi connectivity index (χ3n) is 3.38. The zero-order valence-electron chi connectivity index (χ0n) is 13.1. The minimum Gasteiger partial charge on any atom is -0.332 e. The number of nitrogens with zero attached hydrogens (tertiary/aromatic N) is 4. The van der Waals surface area contributed by atoms with Gasteiger partial charge in [-0.05, 0) is 26.0 Å². The van der Waals surface area contributed by atoms with Crippen molar-refractivity contribution >= 4 is 11.6 Å². The SMILES string of the molecule is CC(C)N(Cc1cnn(C)c1)C(=O)c1cc(F)ccc1[N+](=O)[O-]. The van der Waals surface area contributed by atoms with Gasteiger partial charge in [0.25, 0.3) is 11.6 Å². The summed E-state index contributed by atoms with van der Waals surface area (Å²) >= 11 is 0. The average Bonchev–Trinajstić information content (AvgIpc) is 2.88. The molecule has 0 unspecified atom stereocenters. The van der Waals surface area contributed by atoms with E-state index in [1.807, 2.05) is 0 Å². The molecule has 23 heavy (non-hydrogen) atoms. The van der Waals surface area contributed by atoms with Crippen molar-refractivity contribution in [2.24, 2.45) is 7.05 Å². The van der Waals surface area contributed by atoms with Crippen LogP contribution in [0.4, 0.5) is 10.1 Å². The summed E-state index contributed by atoms with van der Waals surface area (Å²) in [5.41, 5.74) is 0.120. The Morgan fingerprint density at radius 3 is 2.70 bits per heavy atom. The van der Waals surface area contributed by atoms with E-state index in [1.54, 1.807) is 38.0 Å². The second-order valence-corrected chi connectivity index (χ2v) is 5.47. The molecule has 0 radical (unpaired) electrons. The number of hydrogen-bond donors (Lipinski definition) is 0. The average molecular weight is 320 g/mol. The van der Waals surface area contributed by atoms with E-state index >= 15 is 0 Å². The fourth-order valence-electron chi connectivity index (χ4n) is 2.23. The van der Waals surface area contributed by atoms with E-state index in [9.17, 15) is 19.3 Å². The van der Waals surface area contributed by atoms with Gasteiger partial charge in [-0.25, -0.2) is 4.39 Å². The Morgan fingerprint density at radius 1 is 1.48 bits per heavy atom. The van der Waals surface area contributed by atoms with Crippen LogP contribution in [0.3, 0.4) is 0 Å². The molecule has 0 saturated carbocycles. The Labute approximate surface area is 132 Å². The van der Waals surface area contributed by atoms with Crippen LogP contribution in [0.5, 0.6) is 0 Å². The Bertz CT molecular complexity index is 742. The number of rotatable bonds is 5. The number of nitro benzene ring substituents is 1.